The number of hydrogen-bond acceptors (Lipinski definition) is 9. The van der Waals surface area contributed by atoms with Crippen LogP contribution in [0.25, 0.3) is 0 Å². The van der Waals surface area contributed by atoms with Crippen LogP contribution in [0.2, 0.25) is 0 Å². The summed E-state index contributed by atoms with van der Waals surface area (Å²) in [6, 6.07) is 15.2. The largest absolute Gasteiger partial charge is 0.478 e. The van der Waals surface area contributed by atoms with E-state index >= 15 is 0 Å². The molecule has 1 aliphatic heterocycles. The number of hydrogen-bond donors (Lipinski definition) is 5. The maximum absolute atomic E-state index is 11.0. The lowest BCUT2D eigenvalue weighted by Crippen LogP contribution is -2.19. The molecule has 2 aromatic carbocycles. The molecular formula is C22H17N5O6. The first-order valence-electron chi connectivity index (χ1n) is 9.55. The summed E-state index contributed by atoms with van der Waals surface area (Å²) in [5, 5.41) is 34.8. The topological polar surface area (TPSA) is 170 Å². The van der Waals surface area contributed by atoms with Gasteiger partial charge in [-0.3, -0.25) is 16.3 Å². The monoisotopic (exact) mass is 447 g/mol. The lowest BCUT2D eigenvalue weighted by molar-refractivity contribution is 0.0686. The molecule has 0 bridgehead atoms. The van der Waals surface area contributed by atoms with Crippen LogP contribution in [0.5, 0.6) is 0 Å². The van der Waals surface area contributed by atoms with Crippen molar-refractivity contribution in [2.75, 3.05) is 10.9 Å². The summed E-state index contributed by atoms with van der Waals surface area (Å²) in [5.74, 6) is -1.91. The summed E-state index contributed by atoms with van der Waals surface area (Å²) in [6.07, 6.45) is 0.642. The molecule has 0 aliphatic carbocycles. The Bertz CT molecular complexity index is 1250. The van der Waals surface area contributed by atoms with Crippen molar-refractivity contribution in [2.24, 2.45) is 10.2 Å². The summed E-state index contributed by atoms with van der Waals surface area (Å²) >= 11 is 0. The summed E-state index contributed by atoms with van der Waals surface area (Å²) < 4.78 is 11.0. The number of furan rings is 1. The smallest absolute Gasteiger partial charge is 0.335 e. The fourth-order valence-electron chi connectivity index (χ4n) is 2.94. The fourth-order valence-corrected chi connectivity index (χ4v) is 2.94. The second kappa shape index (κ2) is 9.06. The minimum Gasteiger partial charge on any atom is -0.478 e. The minimum atomic E-state index is -1.04. The maximum Gasteiger partial charge on any atom is 0.335 e. The molecule has 3 aromatic rings. The molecule has 1 aliphatic rings. The molecule has 0 spiro atoms. The van der Waals surface area contributed by atoms with Crippen molar-refractivity contribution in [1.29, 1.82) is 5.41 Å². The first-order chi connectivity index (χ1) is 15.9. The number of ether oxygens (including phenoxy) is 1. The molecule has 11 nitrogen and oxygen atoms in total. The molecule has 0 unspecified atom stereocenters. The number of benzene rings is 2. The number of carbonyl (C=O) groups is 2. The summed E-state index contributed by atoms with van der Waals surface area (Å²) in [7, 11) is 0. The number of rotatable bonds is 7. The highest BCUT2D eigenvalue weighted by molar-refractivity contribution is 6.69. The molecule has 33 heavy (non-hydrogen) atoms. The third kappa shape index (κ3) is 4.71. The van der Waals surface area contributed by atoms with Gasteiger partial charge in [0.2, 0.25) is 12.0 Å². The van der Waals surface area contributed by atoms with E-state index in [0.717, 1.165) is 0 Å². The van der Waals surface area contributed by atoms with E-state index in [2.05, 4.69) is 21.1 Å². The first-order valence-corrected chi connectivity index (χ1v) is 9.55. The SMILES string of the molecule is N=C1O[C@@H](c2ccco2)C(=N/Nc2ccc(C(=O)O)cc2)/C1=N\Nc1ccc(C(=O)O)cc1. The van der Waals surface area contributed by atoms with Crippen molar-refractivity contribution >= 4 is 40.6 Å². The van der Waals surface area contributed by atoms with E-state index in [0.29, 0.717) is 17.1 Å². The Morgan fingerprint density at radius 1 is 0.848 bits per heavy atom. The Kier molecular flexibility index (Phi) is 5.85. The van der Waals surface area contributed by atoms with Crippen LogP contribution in [0.3, 0.4) is 0 Å². The lowest BCUT2D eigenvalue weighted by atomic mass is 10.1. The Labute approximate surface area is 186 Å². The number of anilines is 2. The van der Waals surface area contributed by atoms with Gasteiger partial charge >= 0.3 is 11.9 Å². The summed E-state index contributed by atoms with van der Waals surface area (Å²) in [5.41, 5.74) is 7.22. The molecule has 0 amide bonds. The van der Waals surface area contributed by atoms with Crippen molar-refractivity contribution < 1.29 is 29.0 Å². The second-order valence-electron chi connectivity index (χ2n) is 6.79. The zero-order chi connectivity index (χ0) is 23.4. The van der Waals surface area contributed by atoms with E-state index in [4.69, 9.17) is 24.8 Å². The van der Waals surface area contributed by atoms with Gasteiger partial charge in [-0.05, 0) is 60.7 Å². The molecule has 1 saturated heterocycles. The predicted octanol–water partition coefficient (Wildman–Crippen LogP) is 3.66. The first kappa shape index (κ1) is 21.3. The van der Waals surface area contributed by atoms with Gasteiger partial charge in [0.1, 0.15) is 5.71 Å². The maximum atomic E-state index is 11.0. The minimum absolute atomic E-state index is 0.105. The number of carboxylic acids is 2. The van der Waals surface area contributed by atoms with Gasteiger partial charge in [0, 0.05) is 0 Å². The van der Waals surface area contributed by atoms with Gasteiger partial charge in [0.05, 0.1) is 28.8 Å². The average Bonchev–Trinajstić information content (AvgIpc) is 3.45. The van der Waals surface area contributed by atoms with Crippen LogP contribution in [-0.4, -0.2) is 39.5 Å². The fraction of sp³-hybridized carbons (Fsp3) is 0.0455. The lowest BCUT2D eigenvalue weighted by Gasteiger charge is -2.08. The Balaban J connectivity index is 1.61. The molecule has 1 atom stereocenters. The zero-order valence-corrected chi connectivity index (χ0v) is 16.9. The third-order valence-electron chi connectivity index (χ3n) is 4.61. The van der Waals surface area contributed by atoms with E-state index in [1.54, 1.807) is 24.3 Å². The van der Waals surface area contributed by atoms with Crippen LogP contribution < -0.4 is 10.9 Å². The molecular weight excluding hydrogens is 430 g/mol. The van der Waals surface area contributed by atoms with Crippen molar-refractivity contribution in [3.63, 3.8) is 0 Å². The number of nitrogens with one attached hydrogen (secondary N) is 3. The van der Waals surface area contributed by atoms with Gasteiger partial charge in [-0.15, -0.1) is 0 Å². The number of nitrogens with zero attached hydrogens (tertiary/aromatic N) is 2. The van der Waals surface area contributed by atoms with Gasteiger partial charge in [-0.25, -0.2) is 9.59 Å². The van der Waals surface area contributed by atoms with Crippen LogP contribution in [0.15, 0.2) is 81.5 Å². The number of hydrazone groups is 2. The number of carboxylic acid groups (broad SMARTS) is 2. The molecule has 4 rings (SSSR count). The molecule has 5 N–H and O–H groups in total. The Hall–Kier alpha value is -4.93. The molecule has 0 saturated carbocycles. The average molecular weight is 447 g/mol. The van der Waals surface area contributed by atoms with E-state index in [1.807, 2.05) is 0 Å². The van der Waals surface area contributed by atoms with Crippen molar-refractivity contribution in [2.45, 2.75) is 6.10 Å². The van der Waals surface area contributed by atoms with Crippen LogP contribution in [0, 0.1) is 5.41 Å². The third-order valence-corrected chi connectivity index (χ3v) is 4.61. The summed E-state index contributed by atoms with van der Waals surface area (Å²) in [6.45, 7) is 0. The van der Waals surface area contributed by atoms with E-state index in [-0.39, 0.29) is 28.4 Å². The molecule has 1 fully saturated rings. The van der Waals surface area contributed by atoms with Crippen molar-refractivity contribution in [3.05, 3.63) is 83.8 Å². The van der Waals surface area contributed by atoms with Crippen molar-refractivity contribution in [1.82, 2.24) is 0 Å². The Morgan fingerprint density at radius 2 is 1.39 bits per heavy atom. The van der Waals surface area contributed by atoms with Gasteiger partial charge < -0.3 is 19.4 Å². The van der Waals surface area contributed by atoms with Gasteiger partial charge in [0.25, 0.3) is 0 Å². The van der Waals surface area contributed by atoms with Crippen LogP contribution >= 0.6 is 0 Å². The highest BCUT2D eigenvalue weighted by Crippen LogP contribution is 2.27. The van der Waals surface area contributed by atoms with Crippen LogP contribution in [-0.2, 0) is 4.74 Å². The van der Waals surface area contributed by atoms with Crippen LogP contribution in [0.4, 0.5) is 11.4 Å². The highest BCUT2D eigenvalue weighted by Gasteiger charge is 2.39. The molecule has 0 radical (unpaired) electrons. The predicted molar refractivity (Wildman–Crippen MR) is 119 cm³/mol. The second-order valence-corrected chi connectivity index (χ2v) is 6.79. The van der Waals surface area contributed by atoms with Gasteiger partial charge in [-0.2, -0.15) is 10.2 Å². The molecule has 1 aromatic heterocycles. The van der Waals surface area contributed by atoms with E-state index < -0.39 is 18.0 Å². The highest BCUT2D eigenvalue weighted by atomic mass is 16.5. The van der Waals surface area contributed by atoms with Gasteiger partial charge in [-0.1, -0.05) is 0 Å². The Morgan fingerprint density at radius 3 is 1.88 bits per heavy atom. The molecule has 11 heteroatoms. The zero-order valence-electron chi connectivity index (χ0n) is 16.9. The van der Waals surface area contributed by atoms with E-state index in [9.17, 15) is 9.59 Å². The summed E-state index contributed by atoms with van der Waals surface area (Å²) in [4.78, 5) is 22.0. The van der Waals surface area contributed by atoms with Crippen molar-refractivity contribution in [3.8, 4) is 0 Å². The molecule has 166 valence electrons. The number of aromatic carboxylic acids is 2. The van der Waals surface area contributed by atoms with E-state index in [1.165, 1.54) is 42.7 Å². The quantitative estimate of drug-likeness (QED) is 0.342. The normalized spacial score (nSPS) is 17.7. The van der Waals surface area contributed by atoms with Gasteiger partial charge in [0.15, 0.2) is 11.5 Å². The molecule has 2 heterocycles. The standard InChI is InChI=1S/C22H17N5O6/c23-20-18(27-25-15-9-5-13(6-10-15)22(30)31)17(19(33-20)16-2-1-11-32-16)26-24-14-7-3-12(4-8-14)21(28)29/h1-11,19,23-25H,(H,28,29)(H,30,31)/b23-20?,26-17+,27-18+/t19-/m0/s1. The van der Waals surface area contributed by atoms with Crippen LogP contribution in [0.1, 0.15) is 32.6 Å².